The third kappa shape index (κ3) is 10.7. The number of nitrogens with zero attached hydrogens (tertiary/aromatic N) is 1. The van der Waals surface area contributed by atoms with Gasteiger partial charge < -0.3 is 25.2 Å². The first-order valence-electron chi connectivity index (χ1n) is 10.9. The van der Waals surface area contributed by atoms with Crippen molar-refractivity contribution >= 4 is 23.8 Å². The quantitative estimate of drug-likeness (QED) is 0.299. The van der Waals surface area contributed by atoms with Gasteiger partial charge >= 0.3 is 12.2 Å². The summed E-state index contributed by atoms with van der Waals surface area (Å²) in [6.45, 7) is 8.47. The molecule has 3 N–H and O–H groups in total. The second-order valence-corrected chi connectivity index (χ2v) is 7.77. The van der Waals surface area contributed by atoms with Crippen molar-refractivity contribution in [1.29, 1.82) is 0 Å². The largest absolute Gasteiger partial charge is 0.430 e. The van der Waals surface area contributed by atoms with E-state index in [0.29, 0.717) is 23.7 Å². The van der Waals surface area contributed by atoms with E-state index in [2.05, 4.69) is 10.6 Å². The summed E-state index contributed by atoms with van der Waals surface area (Å²) in [7, 11) is 0. The van der Waals surface area contributed by atoms with Gasteiger partial charge in [-0.15, -0.1) is 0 Å². The summed E-state index contributed by atoms with van der Waals surface area (Å²) in [6.07, 6.45) is 0.0175. The molecule has 0 saturated heterocycles. The molecule has 1 aromatic rings. The molecule has 0 spiro atoms. The zero-order valence-corrected chi connectivity index (χ0v) is 19.7. The lowest BCUT2D eigenvalue weighted by molar-refractivity contribution is -0.106. The number of alkyl carbamates (subject to hydrolysis) is 2. The molecular weight excluding hydrogens is 422 g/mol. The van der Waals surface area contributed by atoms with Gasteiger partial charge in [-0.25, -0.2) is 14.5 Å². The number of ether oxygens (including phenoxy) is 2. The number of aliphatic hydroxyl groups is 1. The minimum atomic E-state index is -0.929. The standard InChI is InChI=1S/C22H36ClN3O5/c1-5-7-12-24-21(28)30-16(3)26(17(4)31-22(29)25-13-8-6-2)15-20(27)18-10-9-11-19(23)14-18/h9-11,14,16-17,20,27H,5-8,12-13,15H2,1-4H3,(H,24,28)(H,25,29). The van der Waals surface area contributed by atoms with E-state index in [1.807, 2.05) is 13.8 Å². The number of unbranched alkanes of at least 4 members (excludes halogenated alkanes) is 2. The van der Waals surface area contributed by atoms with Crippen LogP contribution in [0.4, 0.5) is 9.59 Å². The van der Waals surface area contributed by atoms with Crippen molar-refractivity contribution in [3.05, 3.63) is 34.9 Å². The molecule has 2 amide bonds. The smallest absolute Gasteiger partial charge is 0.408 e. The Hall–Kier alpha value is -2.03. The summed E-state index contributed by atoms with van der Waals surface area (Å²) < 4.78 is 10.9. The van der Waals surface area contributed by atoms with Crippen molar-refractivity contribution in [3.8, 4) is 0 Å². The van der Waals surface area contributed by atoms with Gasteiger partial charge in [0.2, 0.25) is 0 Å². The van der Waals surface area contributed by atoms with E-state index in [1.54, 1.807) is 43.0 Å². The van der Waals surface area contributed by atoms with Gasteiger partial charge in [-0.2, -0.15) is 0 Å². The molecule has 31 heavy (non-hydrogen) atoms. The van der Waals surface area contributed by atoms with Crippen molar-refractivity contribution < 1.29 is 24.2 Å². The molecule has 8 nitrogen and oxygen atoms in total. The number of halogens is 1. The number of nitrogens with one attached hydrogen (secondary N) is 2. The molecule has 0 saturated carbocycles. The summed E-state index contributed by atoms with van der Waals surface area (Å²) in [5.41, 5.74) is 0.608. The summed E-state index contributed by atoms with van der Waals surface area (Å²) in [5.74, 6) is 0. The fraction of sp³-hybridized carbons (Fsp3) is 0.636. The Balaban J connectivity index is 2.84. The molecule has 0 aliphatic heterocycles. The van der Waals surface area contributed by atoms with Crippen molar-refractivity contribution in [2.75, 3.05) is 19.6 Å². The predicted molar refractivity (Wildman–Crippen MR) is 121 cm³/mol. The number of hydrogen-bond donors (Lipinski definition) is 3. The summed E-state index contributed by atoms with van der Waals surface area (Å²) >= 11 is 6.03. The number of amides is 2. The maximum atomic E-state index is 12.1. The van der Waals surface area contributed by atoms with E-state index in [-0.39, 0.29) is 6.54 Å². The highest BCUT2D eigenvalue weighted by molar-refractivity contribution is 6.30. The first-order chi connectivity index (χ1) is 14.8. The van der Waals surface area contributed by atoms with Crippen molar-refractivity contribution in [3.63, 3.8) is 0 Å². The average Bonchev–Trinajstić information content (AvgIpc) is 2.71. The normalized spacial score (nSPS) is 13.9. The molecule has 3 unspecified atom stereocenters. The van der Waals surface area contributed by atoms with Gasteiger partial charge in [0.05, 0.1) is 6.10 Å². The highest BCUT2D eigenvalue weighted by Crippen LogP contribution is 2.21. The zero-order chi connectivity index (χ0) is 23.2. The average molecular weight is 458 g/mol. The Labute approximate surface area is 190 Å². The van der Waals surface area contributed by atoms with Crippen LogP contribution in [0.3, 0.4) is 0 Å². The SMILES string of the molecule is CCCCNC(=O)OC(C)N(CC(O)c1cccc(Cl)c1)C(C)OC(=O)NCCCC. The molecule has 0 fully saturated rings. The number of carbonyl (C=O) groups excluding carboxylic acids is 2. The van der Waals surface area contributed by atoms with Gasteiger partial charge in [0, 0.05) is 24.7 Å². The Morgan fingerprint density at radius 2 is 1.55 bits per heavy atom. The number of carbonyl (C=O) groups is 2. The summed E-state index contributed by atoms with van der Waals surface area (Å²) in [6, 6.07) is 6.87. The molecule has 1 rings (SSSR count). The maximum absolute atomic E-state index is 12.1. The first-order valence-corrected chi connectivity index (χ1v) is 11.2. The minimum Gasteiger partial charge on any atom is -0.430 e. The van der Waals surface area contributed by atoms with Crippen molar-refractivity contribution in [2.45, 2.75) is 71.9 Å². The van der Waals surface area contributed by atoms with Crippen LogP contribution in [0.5, 0.6) is 0 Å². The molecule has 0 bridgehead atoms. The van der Waals surface area contributed by atoms with Crippen LogP contribution in [0.2, 0.25) is 5.02 Å². The van der Waals surface area contributed by atoms with E-state index in [9.17, 15) is 14.7 Å². The van der Waals surface area contributed by atoms with E-state index >= 15 is 0 Å². The van der Waals surface area contributed by atoms with Gasteiger partial charge in [0.15, 0.2) is 12.5 Å². The van der Waals surface area contributed by atoms with E-state index < -0.39 is 30.7 Å². The van der Waals surface area contributed by atoms with Crippen LogP contribution in [-0.2, 0) is 9.47 Å². The number of benzene rings is 1. The summed E-state index contributed by atoms with van der Waals surface area (Å²) in [5, 5.41) is 16.6. The van der Waals surface area contributed by atoms with Gasteiger partial charge in [-0.3, -0.25) is 0 Å². The highest BCUT2D eigenvalue weighted by atomic mass is 35.5. The van der Waals surface area contributed by atoms with Crippen LogP contribution in [0.1, 0.15) is 65.0 Å². The lowest BCUT2D eigenvalue weighted by Crippen LogP contribution is -2.48. The van der Waals surface area contributed by atoms with Crippen LogP contribution in [-0.4, -0.2) is 54.3 Å². The Bertz CT molecular complexity index is 646. The van der Waals surface area contributed by atoms with Gasteiger partial charge in [0.1, 0.15) is 0 Å². The highest BCUT2D eigenvalue weighted by Gasteiger charge is 2.28. The number of rotatable bonds is 13. The molecule has 9 heteroatoms. The van der Waals surface area contributed by atoms with Crippen LogP contribution < -0.4 is 10.6 Å². The van der Waals surface area contributed by atoms with Crippen LogP contribution in [0, 0.1) is 0 Å². The van der Waals surface area contributed by atoms with Crippen LogP contribution in [0.15, 0.2) is 24.3 Å². The molecule has 0 radical (unpaired) electrons. The molecular formula is C22H36ClN3O5. The van der Waals surface area contributed by atoms with E-state index in [1.165, 1.54) is 0 Å². The van der Waals surface area contributed by atoms with Gasteiger partial charge in [-0.05, 0) is 44.4 Å². The Morgan fingerprint density at radius 3 is 2.00 bits per heavy atom. The van der Waals surface area contributed by atoms with E-state index in [4.69, 9.17) is 21.1 Å². The molecule has 0 aliphatic rings. The second-order valence-electron chi connectivity index (χ2n) is 7.34. The lowest BCUT2D eigenvalue weighted by atomic mass is 10.1. The topological polar surface area (TPSA) is 100 Å². The van der Waals surface area contributed by atoms with Crippen molar-refractivity contribution in [1.82, 2.24) is 15.5 Å². The Morgan fingerprint density at radius 1 is 1.03 bits per heavy atom. The maximum Gasteiger partial charge on any atom is 0.408 e. The molecule has 1 aromatic carbocycles. The minimum absolute atomic E-state index is 0.0627. The van der Waals surface area contributed by atoms with Crippen LogP contribution in [0.25, 0.3) is 0 Å². The number of aliphatic hydroxyl groups excluding tert-OH is 1. The zero-order valence-electron chi connectivity index (χ0n) is 18.9. The monoisotopic (exact) mass is 457 g/mol. The molecule has 0 aliphatic carbocycles. The predicted octanol–water partition coefficient (Wildman–Crippen LogP) is 4.42. The fourth-order valence-electron chi connectivity index (χ4n) is 2.87. The van der Waals surface area contributed by atoms with Gasteiger partial charge in [-0.1, -0.05) is 50.4 Å². The van der Waals surface area contributed by atoms with E-state index in [0.717, 1.165) is 25.7 Å². The summed E-state index contributed by atoms with van der Waals surface area (Å²) in [4.78, 5) is 25.8. The second kappa shape index (κ2) is 14.9. The van der Waals surface area contributed by atoms with Crippen molar-refractivity contribution in [2.24, 2.45) is 0 Å². The third-order valence-corrected chi connectivity index (χ3v) is 4.94. The lowest BCUT2D eigenvalue weighted by Gasteiger charge is -2.34. The van der Waals surface area contributed by atoms with Gasteiger partial charge in [0.25, 0.3) is 0 Å². The fourth-order valence-corrected chi connectivity index (χ4v) is 3.07. The number of hydrogen-bond acceptors (Lipinski definition) is 6. The molecule has 0 aromatic heterocycles. The molecule has 176 valence electrons. The third-order valence-electron chi connectivity index (χ3n) is 4.71. The first kappa shape index (κ1) is 27.0. The molecule has 3 atom stereocenters. The Kier molecular flexibility index (Phi) is 13.0. The molecule has 0 heterocycles. The van der Waals surface area contributed by atoms with Crippen LogP contribution >= 0.6 is 11.6 Å².